The number of anilines is 3. The largest absolute Gasteiger partial charge is 0.308 e. The Labute approximate surface area is 201 Å². The van der Waals surface area contributed by atoms with Gasteiger partial charge in [0.05, 0.1) is 29.4 Å². The molecule has 1 unspecified atom stereocenters. The smallest absolute Gasteiger partial charge is 0.232 e. The van der Waals surface area contributed by atoms with E-state index in [2.05, 4.69) is 6.07 Å². The van der Waals surface area contributed by atoms with Crippen LogP contribution in [-0.4, -0.2) is 45.6 Å². The van der Waals surface area contributed by atoms with E-state index in [1.807, 2.05) is 42.2 Å². The second-order valence-corrected chi connectivity index (χ2v) is 11.7. The summed E-state index contributed by atoms with van der Waals surface area (Å²) in [4.78, 5) is 29.4. The number of benzene rings is 2. The molecule has 0 saturated heterocycles. The first kappa shape index (κ1) is 22.9. The van der Waals surface area contributed by atoms with Gasteiger partial charge in [0.25, 0.3) is 0 Å². The van der Waals surface area contributed by atoms with Crippen molar-refractivity contribution >= 4 is 38.9 Å². The Morgan fingerprint density at radius 2 is 1.62 bits per heavy atom. The zero-order chi connectivity index (χ0) is 24.2. The molecule has 2 amide bonds. The molecule has 2 aliphatic heterocycles. The highest BCUT2D eigenvalue weighted by Gasteiger charge is 2.38. The highest BCUT2D eigenvalue weighted by molar-refractivity contribution is 7.92. The van der Waals surface area contributed by atoms with Gasteiger partial charge in [-0.15, -0.1) is 0 Å². The minimum atomic E-state index is -3.32. The molecule has 5 rings (SSSR count). The summed E-state index contributed by atoms with van der Waals surface area (Å²) < 4.78 is 25.9. The molecular formula is C26H31N3O4S. The number of fused-ring (bicyclic) bond motifs is 2. The van der Waals surface area contributed by atoms with Crippen molar-refractivity contribution in [2.24, 2.45) is 5.92 Å². The van der Waals surface area contributed by atoms with E-state index in [4.69, 9.17) is 0 Å². The van der Waals surface area contributed by atoms with E-state index in [9.17, 15) is 18.0 Å². The molecule has 1 aliphatic carbocycles. The summed E-state index contributed by atoms with van der Waals surface area (Å²) in [6.45, 7) is 4.53. The van der Waals surface area contributed by atoms with E-state index in [0.29, 0.717) is 13.1 Å². The standard InChI is InChI=1S/C26H31N3O4S/c1-17-16-27(26(31)19-6-4-7-19)25-15-21(10-12-24(25)29(17)18(2)30)20-9-11-23-22(14-20)8-5-13-28(23)34(3,32)33/h9-12,14-15,17,19H,4-8,13,16H2,1-3H3. The van der Waals surface area contributed by atoms with Gasteiger partial charge >= 0.3 is 0 Å². The van der Waals surface area contributed by atoms with Gasteiger partial charge in [-0.3, -0.25) is 13.9 Å². The molecular weight excluding hydrogens is 450 g/mol. The minimum absolute atomic E-state index is 0.0353. The highest BCUT2D eigenvalue weighted by Crippen LogP contribution is 2.42. The van der Waals surface area contributed by atoms with Crippen molar-refractivity contribution in [2.75, 3.05) is 33.5 Å². The van der Waals surface area contributed by atoms with Crippen LogP contribution in [0.25, 0.3) is 11.1 Å². The first-order chi connectivity index (χ1) is 16.1. The van der Waals surface area contributed by atoms with Gasteiger partial charge in [0.15, 0.2) is 0 Å². The molecule has 34 heavy (non-hydrogen) atoms. The molecule has 0 spiro atoms. The second-order valence-electron chi connectivity index (χ2n) is 9.80. The molecule has 2 aromatic carbocycles. The van der Waals surface area contributed by atoms with E-state index in [1.54, 1.807) is 11.8 Å². The Hall–Kier alpha value is -2.87. The molecule has 3 aliphatic rings. The third kappa shape index (κ3) is 3.87. The fraction of sp³-hybridized carbons (Fsp3) is 0.462. The third-order valence-corrected chi connectivity index (χ3v) is 8.54. The molecule has 0 aromatic heterocycles. The third-order valence-electron chi connectivity index (χ3n) is 7.36. The van der Waals surface area contributed by atoms with Crippen LogP contribution in [-0.2, 0) is 26.0 Å². The van der Waals surface area contributed by atoms with Crippen LogP contribution < -0.4 is 14.1 Å². The number of hydrogen-bond acceptors (Lipinski definition) is 4. The number of carbonyl (C=O) groups is 2. The van der Waals surface area contributed by atoms with E-state index in [1.165, 1.54) is 10.6 Å². The van der Waals surface area contributed by atoms with Gasteiger partial charge in [-0.2, -0.15) is 0 Å². The zero-order valence-corrected chi connectivity index (χ0v) is 20.8. The fourth-order valence-electron chi connectivity index (χ4n) is 5.46. The predicted octanol–water partition coefficient (Wildman–Crippen LogP) is 3.95. The van der Waals surface area contributed by atoms with Crippen LogP contribution >= 0.6 is 0 Å². The average Bonchev–Trinajstić information content (AvgIpc) is 2.75. The Kier molecular flexibility index (Phi) is 5.67. The Balaban J connectivity index is 1.57. The van der Waals surface area contributed by atoms with Crippen LogP contribution in [0.15, 0.2) is 36.4 Å². The normalized spacial score (nSPS) is 20.4. The summed E-state index contributed by atoms with van der Waals surface area (Å²) in [6.07, 6.45) is 5.79. The Bertz CT molecular complexity index is 1270. The fourth-order valence-corrected chi connectivity index (χ4v) is 6.45. The quantitative estimate of drug-likeness (QED) is 0.665. The van der Waals surface area contributed by atoms with Crippen molar-refractivity contribution in [3.8, 4) is 11.1 Å². The SMILES string of the molecule is CC(=O)N1c2ccc(-c3ccc4c(c3)CCCN4S(C)(=O)=O)cc2N(C(=O)C2CCC2)CC1C. The number of sulfonamides is 1. The van der Waals surface area contributed by atoms with Crippen LogP contribution in [0.3, 0.4) is 0 Å². The molecule has 0 N–H and O–H groups in total. The van der Waals surface area contributed by atoms with Gasteiger partial charge in [-0.05, 0) is 73.6 Å². The van der Waals surface area contributed by atoms with Crippen LogP contribution in [0.4, 0.5) is 17.1 Å². The van der Waals surface area contributed by atoms with Crippen LogP contribution in [0.5, 0.6) is 0 Å². The highest BCUT2D eigenvalue weighted by atomic mass is 32.2. The van der Waals surface area contributed by atoms with Crippen molar-refractivity contribution < 1.29 is 18.0 Å². The van der Waals surface area contributed by atoms with Crippen molar-refractivity contribution in [2.45, 2.75) is 52.0 Å². The molecule has 1 saturated carbocycles. The van der Waals surface area contributed by atoms with Gasteiger partial charge in [-0.25, -0.2) is 8.42 Å². The molecule has 1 atom stereocenters. The van der Waals surface area contributed by atoms with Crippen molar-refractivity contribution in [1.82, 2.24) is 0 Å². The lowest BCUT2D eigenvalue weighted by Gasteiger charge is -2.43. The zero-order valence-electron chi connectivity index (χ0n) is 20.0. The number of amides is 2. The van der Waals surface area contributed by atoms with Gasteiger partial charge in [0.1, 0.15) is 0 Å². The number of aryl methyl sites for hydroxylation is 1. The van der Waals surface area contributed by atoms with E-state index in [0.717, 1.165) is 65.9 Å². The van der Waals surface area contributed by atoms with E-state index in [-0.39, 0.29) is 23.8 Å². The maximum atomic E-state index is 13.3. The first-order valence-electron chi connectivity index (χ1n) is 12.0. The van der Waals surface area contributed by atoms with Gasteiger partial charge in [0.2, 0.25) is 21.8 Å². The molecule has 2 heterocycles. The van der Waals surface area contributed by atoms with Gasteiger partial charge < -0.3 is 9.80 Å². The second kappa shape index (κ2) is 8.41. The topological polar surface area (TPSA) is 78.0 Å². The van der Waals surface area contributed by atoms with Gasteiger partial charge in [0, 0.05) is 25.9 Å². The maximum absolute atomic E-state index is 13.3. The molecule has 1 fully saturated rings. The Morgan fingerprint density at radius 3 is 2.24 bits per heavy atom. The summed E-state index contributed by atoms with van der Waals surface area (Å²) >= 11 is 0. The van der Waals surface area contributed by atoms with Crippen molar-refractivity contribution in [1.29, 1.82) is 0 Å². The molecule has 0 radical (unpaired) electrons. The lowest BCUT2D eigenvalue weighted by atomic mass is 9.84. The predicted molar refractivity (Wildman–Crippen MR) is 135 cm³/mol. The summed E-state index contributed by atoms with van der Waals surface area (Å²) in [5, 5.41) is 0. The van der Waals surface area contributed by atoms with Gasteiger partial charge in [-0.1, -0.05) is 18.6 Å². The first-order valence-corrected chi connectivity index (χ1v) is 13.9. The Morgan fingerprint density at radius 1 is 0.941 bits per heavy atom. The lowest BCUT2D eigenvalue weighted by molar-refractivity contribution is -0.125. The van der Waals surface area contributed by atoms with Crippen LogP contribution in [0, 0.1) is 5.92 Å². The van der Waals surface area contributed by atoms with Crippen molar-refractivity contribution in [3.63, 3.8) is 0 Å². The van der Waals surface area contributed by atoms with Crippen molar-refractivity contribution in [3.05, 3.63) is 42.0 Å². The van der Waals surface area contributed by atoms with E-state index < -0.39 is 10.0 Å². The summed E-state index contributed by atoms with van der Waals surface area (Å²) in [5.41, 5.74) is 5.22. The monoisotopic (exact) mass is 481 g/mol. The molecule has 8 heteroatoms. The number of rotatable bonds is 3. The number of nitrogens with zero attached hydrogens (tertiary/aromatic N) is 3. The molecule has 7 nitrogen and oxygen atoms in total. The average molecular weight is 482 g/mol. The summed E-state index contributed by atoms with van der Waals surface area (Å²) in [5.74, 6) is 0.180. The minimum Gasteiger partial charge on any atom is -0.308 e. The lowest BCUT2D eigenvalue weighted by Crippen LogP contribution is -2.53. The van der Waals surface area contributed by atoms with E-state index >= 15 is 0 Å². The van der Waals surface area contributed by atoms with Crippen LogP contribution in [0.2, 0.25) is 0 Å². The molecule has 0 bridgehead atoms. The number of hydrogen-bond donors (Lipinski definition) is 0. The van der Waals surface area contributed by atoms with Crippen LogP contribution in [0.1, 0.15) is 45.1 Å². The molecule has 180 valence electrons. The molecule has 2 aromatic rings. The maximum Gasteiger partial charge on any atom is 0.232 e. The summed E-state index contributed by atoms with van der Waals surface area (Å²) in [7, 11) is -3.32. The summed E-state index contributed by atoms with van der Waals surface area (Å²) in [6, 6.07) is 11.7. The number of carbonyl (C=O) groups excluding carboxylic acids is 2.